The van der Waals surface area contributed by atoms with E-state index in [9.17, 15) is 13.7 Å². The largest absolute Gasteiger partial charge is 0.495 e. The molecule has 0 bridgehead atoms. The molecule has 12 nitrogen and oxygen atoms in total. The monoisotopic (exact) mass is 554 g/mol. The van der Waals surface area contributed by atoms with Crippen molar-refractivity contribution in [2.75, 3.05) is 63.7 Å². The molecule has 39 heavy (non-hydrogen) atoms. The number of piperidine rings is 1. The maximum Gasteiger partial charge on any atom is 0.243 e. The maximum absolute atomic E-state index is 13.5. The van der Waals surface area contributed by atoms with Crippen LogP contribution in [0.5, 0.6) is 5.75 Å². The van der Waals surface area contributed by atoms with Gasteiger partial charge in [0.25, 0.3) is 0 Å². The van der Waals surface area contributed by atoms with Crippen LogP contribution < -0.4 is 15.4 Å². The van der Waals surface area contributed by atoms with Gasteiger partial charge in [0.15, 0.2) is 0 Å². The first-order chi connectivity index (χ1) is 18.9. The first-order valence-electron chi connectivity index (χ1n) is 13.2. The Kier molecular flexibility index (Phi) is 8.18. The number of ether oxygens (including phenoxy) is 2. The first kappa shape index (κ1) is 27.1. The molecule has 0 radical (unpaired) electrons. The molecule has 2 aliphatic heterocycles. The van der Waals surface area contributed by atoms with Crippen LogP contribution in [0.25, 0.3) is 11.0 Å². The molecule has 0 unspecified atom stereocenters. The lowest BCUT2D eigenvalue weighted by molar-refractivity contribution is 0.00610. The van der Waals surface area contributed by atoms with E-state index in [0.717, 1.165) is 45.6 Å². The maximum atomic E-state index is 13.5. The van der Waals surface area contributed by atoms with E-state index < -0.39 is 10.0 Å². The average molecular weight is 555 g/mol. The molecule has 0 spiro atoms. The number of nitrogens with zero attached hydrogens (tertiary/aromatic N) is 5. The summed E-state index contributed by atoms with van der Waals surface area (Å²) < 4.78 is 39.5. The van der Waals surface area contributed by atoms with Crippen molar-refractivity contribution >= 4 is 38.5 Å². The van der Waals surface area contributed by atoms with E-state index in [2.05, 4.69) is 36.6 Å². The van der Waals surface area contributed by atoms with Crippen molar-refractivity contribution in [1.82, 2.24) is 24.2 Å². The number of anilines is 3. The summed E-state index contributed by atoms with van der Waals surface area (Å²) in [6.07, 6.45) is 4.09. The number of methoxy groups -OCH3 is 1. The van der Waals surface area contributed by atoms with Crippen molar-refractivity contribution in [1.29, 1.82) is 5.26 Å². The number of aromatic nitrogens is 3. The number of aromatic amines is 1. The molecule has 2 fully saturated rings. The van der Waals surface area contributed by atoms with Gasteiger partial charge in [0, 0.05) is 51.0 Å². The van der Waals surface area contributed by atoms with E-state index in [-0.39, 0.29) is 10.8 Å². The van der Waals surface area contributed by atoms with E-state index in [1.807, 2.05) is 6.92 Å². The van der Waals surface area contributed by atoms with Gasteiger partial charge in [0.05, 0.1) is 41.9 Å². The van der Waals surface area contributed by atoms with Gasteiger partial charge in [0.2, 0.25) is 16.0 Å². The highest BCUT2D eigenvalue weighted by molar-refractivity contribution is 7.89. The van der Waals surface area contributed by atoms with Crippen LogP contribution in [0, 0.1) is 11.3 Å². The summed E-state index contributed by atoms with van der Waals surface area (Å²) in [5.41, 5.74) is 1.49. The zero-order valence-corrected chi connectivity index (χ0v) is 23.1. The average Bonchev–Trinajstić information content (AvgIpc) is 3.40. The van der Waals surface area contributed by atoms with Gasteiger partial charge in [-0.2, -0.15) is 19.5 Å². The second kappa shape index (κ2) is 11.7. The lowest BCUT2D eigenvalue weighted by Crippen LogP contribution is -2.50. The number of sulfonamides is 1. The van der Waals surface area contributed by atoms with Crippen molar-refractivity contribution in [3.05, 3.63) is 30.0 Å². The molecule has 2 aliphatic rings. The van der Waals surface area contributed by atoms with Crippen molar-refractivity contribution in [3.8, 4) is 11.8 Å². The highest BCUT2D eigenvalue weighted by Gasteiger charge is 2.32. The fourth-order valence-electron chi connectivity index (χ4n) is 5.14. The highest BCUT2D eigenvalue weighted by atomic mass is 32.2. The second-order valence-corrected chi connectivity index (χ2v) is 11.6. The summed E-state index contributed by atoms with van der Waals surface area (Å²) in [5, 5.41) is 16.5. The molecular weight excluding hydrogens is 520 g/mol. The van der Waals surface area contributed by atoms with Gasteiger partial charge in [-0.05, 0) is 31.4 Å². The Labute approximate surface area is 228 Å². The Morgan fingerprint density at radius 1 is 1.21 bits per heavy atom. The molecule has 13 heteroatoms. The molecule has 4 heterocycles. The van der Waals surface area contributed by atoms with Crippen molar-refractivity contribution in [2.45, 2.75) is 37.1 Å². The molecule has 0 atom stereocenters. The number of morpholine rings is 1. The van der Waals surface area contributed by atoms with Gasteiger partial charge in [-0.25, -0.2) is 8.42 Å². The number of rotatable bonds is 9. The Bertz CT molecular complexity index is 1450. The molecular formula is C26H34N8O4S. The van der Waals surface area contributed by atoms with E-state index in [0.29, 0.717) is 59.5 Å². The zero-order chi connectivity index (χ0) is 27.4. The topological polar surface area (TPSA) is 148 Å². The molecule has 2 saturated heterocycles. The van der Waals surface area contributed by atoms with Crippen LogP contribution in [0.2, 0.25) is 0 Å². The number of hydrogen-bond donors (Lipinski definition) is 3. The van der Waals surface area contributed by atoms with Crippen LogP contribution in [0.3, 0.4) is 0 Å². The van der Waals surface area contributed by atoms with Crippen LogP contribution in [-0.4, -0.2) is 91.7 Å². The minimum atomic E-state index is -3.68. The lowest BCUT2D eigenvalue weighted by Gasteiger charge is -2.39. The Morgan fingerprint density at radius 2 is 1.97 bits per heavy atom. The quantitative estimate of drug-likeness (QED) is 0.360. The van der Waals surface area contributed by atoms with E-state index in [4.69, 9.17) is 9.47 Å². The van der Waals surface area contributed by atoms with Crippen molar-refractivity contribution < 1.29 is 17.9 Å². The van der Waals surface area contributed by atoms with Gasteiger partial charge < -0.3 is 25.1 Å². The minimum absolute atomic E-state index is 0.180. The van der Waals surface area contributed by atoms with Gasteiger partial charge in [0.1, 0.15) is 23.3 Å². The molecule has 3 aromatic rings. The van der Waals surface area contributed by atoms with Crippen molar-refractivity contribution in [2.24, 2.45) is 0 Å². The number of nitriles is 1. The summed E-state index contributed by atoms with van der Waals surface area (Å²) >= 11 is 0. The van der Waals surface area contributed by atoms with Gasteiger partial charge in [-0.15, -0.1) is 0 Å². The van der Waals surface area contributed by atoms with Crippen molar-refractivity contribution in [3.63, 3.8) is 0 Å². The summed E-state index contributed by atoms with van der Waals surface area (Å²) in [6, 6.07) is 7.32. The molecule has 3 N–H and O–H groups in total. The standard InChI is InChI=1S/C26H34N8O4S/c1-3-8-28-24-23-18(16-27)17-29-25(23)32-26(31-24)30-21-5-4-20(15-22(21)37-2)39(35,36)34-9-6-19(7-10-34)33-11-13-38-14-12-33/h4-5,15,17,19H,3,6-14H2,1-2H3,(H3,28,29,30,31,32). The third kappa shape index (κ3) is 5.65. The molecule has 0 amide bonds. The fourth-order valence-corrected chi connectivity index (χ4v) is 6.63. The second-order valence-electron chi connectivity index (χ2n) is 9.63. The smallest absolute Gasteiger partial charge is 0.243 e. The van der Waals surface area contributed by atoms with Crippen LogP contribution in [0.15, 0.2) is 29.3 Å². The summed E-state index contributed by atoms with van der Waals surface area (Å²) in [6.45, 7) is 6.96. The van der Waals surface area contributed by atoms with Gasteiger partial charge >= 0.3 is 0 Å². The number of hydrogen-bond acceptors (Lipinski definition) is 10. The number of H-pyrrole nitrogens is 1. The SMILES string of the molecule is CCCNc1nc(Nc2ccc(S(=O)(=O)N3CCC(N4CCOCC4)CC3)cc2OC)nc2[nH]cc(C#N)c12. The normalized spacial score (nSPS) is 17.7. The minimum Gasteiger partial charge on any atom is -0.495 e. The third-order valence-corrected chi connectivity index (χ3v) is 9.13. The predicted octanol–water partition coefficient (Wildman–Crippen LogP) is 2.89. The van der Waals surface area contributed by atoms with E-state index in [1.54, 1.807) is 22.6 Å². The van der Waals surface area contributed by atoms with Crippen LogP contribution in [0.4, 0.5) is 17.5 Å². The Balaban J connectivity index is 1.34. The van der Waals surface area contributed by atoms with Gasteiger partial charge in [-0.3, -0.25) is 4.90 Å². The number of benzene rings is 1. The van der Waals surface area contributed by atoms with E-state index >= 15 is 0 Å². The summed E-state index contributed by atoms with van der Waals surface area (Å²) in [4.78, 5) is 14.7. The Hall–Kier alpha value is -3.44. The first-order valence-corrected chi connectivity index (χ1v) is 14.7. The molecule has 1 aromatic carbocycles. The third-order valence-electron chi connectivity index (χ3n) is 7.24. The highest BCUT2D eigenvalue weighted by Crippen LogP contribution is 2.33. The molecule has 208 valence electrons. The van der Waals surface area contributed by atoms with Crippen LogP contribution in [0.1, 0.15) is 31.7 Å². The molecule has 2 aromatic heterocycles. The summed E-state index contributed by atoms with van der Waals surface area (Å²) in [7, 11) is -2.19. The summed E-state index contributed by atoms with van der Waals surface area (Å²) in [5.74, 6) is 1.18. The van der Waals surface area contributed by atoms with Gasteiger partial charge in [-0.1, -0.05) is 6.92 Å². The van der Waals surface area contributed by atoms with Crippen LogP contribution in [-0.2, 0) is 14.8 Å². The molecule has 5 rings (SSSR count). The van der Waals surface area contributed by atoms with Crippen LogP contribution >= 0.6 is 0 Å². The zero-order valence-electron chi connectivity index (χ0n) is 22.2. The van der Waals surface area contributed by atoms with E-state index in [1.165, 1.54) is 13.2 Å². The Morgan fingerprint density at radius 3 is 2.67 bits per heavy atom. The number of fused-ring (bicyclic) bond motifs is 1. The lowest BCUT2D eigenvalue weighted by atomic mass is 10.0. The fraction of sp³-hybridized carbons (Fsp3) is 0.500. The molecule has 0 aliphatic carbocycles. The number of nitrogens with one attached hydrogen (secondary N) is 3. The predicted molar refractivity (Wildman–Crippen MR) is 148 cm³/mol. The molecule has 0 saturated carbocycles.